The Balaban J connectivity index is 1.40. The Morgan fingerprint density at radius 1 is 1.41 bits per heavy atom. The number of hydrogen-bond donors (Lipinski definition) is 2. The highest BCUT2D eigenvalue weighted by Gasteiger charge is 2.34. The molecule has 1 aromatic heterocycles. The van der Waals surface area contributed by atoms with Gasteiger partial charge >= 0.3 is 5.97 Å². The summed E-state index contributed by atoms with van der Waals surface area (Å²) in [5.74, 6) is 0.170. The van der Waals surface area contributed by atoms with Crippen molar-refractivity contribution in [1.82, 2.24) is 9.88 Å². The van der Waals surface area contributed by atoms with Crippen LogP contribution in [-0.2, 0) is 4.79 Å². The maximum absolute atomic E-state index is 14.7. The van der Waals surface area contributed by atoms with Crippen molar-refractivity contribution in [3.05, 3.63) is 35.8 Å². The van der Waals surface area contributed by atoms with Crippen molar-refractivity contribution in [2.24, 2.45) is 17.6 Å². The second kappa shape index (κ2) is 10.4. The Bertz CT molecular complexity index is 955. The van der Waals surface area contributed by atoms with Crippen LogP contribution in [0.25, 0.3) is 10.9 Å². The Kier molecular flexibility index (Phi) is 7.53. The maximum atomic E-state index is 14.7. The SMILES string of the molecule is COc1ccc2ncc(F)c([C@@H](N)CC[C@H]3CCN(CCSC4CC4)C[C@H]3C(=O)O)c2c1. The van der Waals surface area contributed by atoms with Gasteiger partial charge in [-0.1, -0.05) is 0 Å². The van der Waals surface area contributed by atoms with E-state index in [9.17, 15) is 14.3 Å². The highest BCUT2D eigenvalue weighted by Crippen LogP contribution is 2.36. The van der Waals surface area contributed by atoms with Crippen LogP contribution in [0, 0.1) is 17.7 Å². The number of aliphatic carboxylic acids is 1. The van der Waals surface area contributed by atoms with E-state index in [2.05, 4.69) is 9.88 Å². The molecular weight excluding hydrogens is 429 g/mol. The maximum Gasteiger partial charge on any atom is 0.308 e. The van der Waals surface area contributed by atoms with Gasteiger partial charge in [-0.2, -0.15) is 11.8 Å². The minimum absolute atomic E-state index is 0.0524. The minimum Gasteiger partial charge on any atom is -0.497 e. The fraction of sp³-hybridized carbons (Fsp3) is 0.583. The van der Waals surface area contributed by atoms with E-state index in [0.717, 1.165) is 30.5 Å². The number of pyridine rings is 1. The predicted molar refractivity (Wildman–Crippen MR) is 126 cm³/mol. The summed E-state index contributed by atoms with van der Waals surface area (Å²) in [5.41, 5.74) is 7.54. The summed E-state index contributed by atoms with van der Waals surface area (Å²) in [6.45, 7) is 2.45. The number of carbonyl (C=O) groups is 1. The molecule has 2 aliphatic rings. The number of nitrogens with two attached hydrogens (primary N) is 1. The molecule has 2 fully saturated rings. The van der Waals surface area contributed by atoms with Gasteiger partial charge in [-0.15, -0.1) is 0 Å². The normalized spacial score (nSPS) is 22.7. The molecule has 4 rings (SSSR count). The lowest BCUT2D eigenvalue weighted by Gasteiger charge is -2.37. The third kappa shape index (κ3) is 5.53. The second-order valence-electron chi connectivity index (χ2n) is 8.95. The molecule has 174 valence electrons. The number of fused-ring (bicyclic) bond motifs is 1. The molecule has 3 atom stereocenters. The van der Waals surface area contributed by atoms with Crippen LogP contribution in [0.2, 0.25) is 0 Å². The molecule has 1 aromatic carbocycles. The first-order valence-corrected chi connectivity index (χ1v) is 12.5. The lowest BCUT2D eigenvalue weighted by Crippen LogP contribution is -2.44. The fourth-order valence-electron chi connectivity index (χ4n) is 4.69. The molecule has 3 N–H and O–H groups in total. The highest BCUT2D eigenvalue weighted by molar-refractivity contribution is 8.00. The number of carboxylic acid groups (broad SMARTS) is 1. The highest BCUT2D eigenvalue weighted by atomic mass is 32.2. The Labute approximate surface area is 192 Å². The molecule has 6 nitrogen and oxygen atoms in total. The van der Waals surface area contributed by atoms with Gasteiger partial charge in [0.05, 0.1) is 24.7 Å². The molecule has 1 saturated carbocycles. The molecule has 32 heavy (non-hydrogen) atoms. The lowest BCUT2D eigenvalue weighted by molar-refractivity contribution is -0.146. The van der Waals surface area contributed by atoms with Crippen LogP contribution >= 0.6 is 11.8 Å². The largest absolute Gasteiger partial charge is 0.497 e. The zero-order valence-corrected chi connectivity index (χ0v) is 19.3. The van der Waals surface area contributed by atoms with Crippen molar-refractivity contribution in [1.29, 1.82) is 0 Å². The summed E-state index contributed by atoms with van der Waals surface area (Å²) in [4.78, 5) is 18.4. The second-order valence-corrected chi connectivity index (χ2v) is 10.4. The average Bonchev–Trinajstić information content (AvgIpc) is 3.61. The Hall–Kier alpha value is -1.90. The third-order valence-corrected chi connectivity index (χ3v) is 8.09. The zero-order valence-electron chi connectivity index (χ0n) is 18.5. The van der Waals surface area contributed by atoms with Crippen LogP contribution < -0.4 is 10.5 Å². The number of thioether (sulfide) groups is 1. The van der Waals surface area contributed by atoms with Crippen LogP contribution in [0.1, 0.15) is 43.7 Å². The minimum atomic E-state index is -0.742. The molecular formula is C24H32FN3O3S. The number of methoxy groups -OCH3 is 1. The van der Waals surface area contributed by atoms with Gasteiger partial charge in [-0.05, 0) is 62.8 Å². The smallest absolute Gasteiger partial charge is 0.308 e. The van der Waals surface area contributed by atoms with E-state index in [-0.39, 0.29) is 5.92 Å². The molecule has 2 heterocycles. The fourth-order valence-corrected chi connectivity index (χ4v) is 5.86. The van der Waals surface area contributed by atoms with Crippen molar-refractivity contribution >= 4 is 28.6 Å². The van der Waals surface area contributed by atoms with E-state index in [1.165, 1.54) is 19.0 Å². The van der Waals surface area contributed by atoms with Crippen LogP contribution in [0.15, 0.2) is 24.4 Å². The molecule has 0 unspecified atom stereocenters. The number of halogens is 1. The summed E-state index contributed by atoms with van der Waals surface area (Å²) < 4.78 is 20.0. The van der Waals surface area contributed by atoms with Crippen molar-refractivity contribution in [3.8, 4) is 5.75 Å². The summed E-state index contributed by atoms with van der Waals surface area (Å²) in [6, 6.07) is 4.81. The van der Waals surface area contributed by atoms with E-state index >= 15 is 0 Å². The van der Waals surface area contributed by atoms with Gasteiger partial charge in [-0.3, -0.25) is 9.78 Å². The first-order chi connectivity index (χ1) is 15.5. The molecule has 1 aliphatic heterocycles. The molecule has 8 heteroatoms. The van der Waals surface area contributed by atoms with Crippen molar-refractivity contribution < 1.29 is 19.0 Å². The number of benzene rings is 1. The van der Waals surface area contributed by atoms with Gasteiger partial charge in [0, 0.05) is 41.1 Å². The Morgan fingerprint density at radius 2 is 2.22 bits per heavy atom. The quantitative estimate of drug-likeness (QED) is 0.551. The van der Waals surface area contributed by atoms with E-state index < -0.39 is 23.7 Å². The van der Waals surface area contributed by atoms with Gasteiger partial charge in [0.1, 0.15) is 11.6 Å². The average molecular weight is 462 g/mol. The number of nitrogens with zero attached hydrogens (tertiary/aromatic N) is 2. The molecule has 1 saturated heterocycles. The van der Waals surface area contributed by atoms with E-state index in [1.54, 1.807) is 25.3 Å². The van der Waals surface area contributed by atoms with E-state index in [1.807, 2.05) is 11.8 Å². The molecule has 0 radical (unpaired) electrons. The topological polar surface area (TPSA) is 88.7 Å². The third-order valence-electron chi connectivity index (χ3n) is 6.73. The van der Waals surface area contributed by atoms with Crippen molar-refractivity contribution in [2.75, 3.05) is 32.5 Å². The zero-order chi connectivity index (χ0) is 22.7. The summed E-state index contributed by atoms with van der Waals surface area (Å²) in [6.07, 6.45) is 5.89. The molecule has 0 bridgehead atoms. The molecule has 2 aromatic rings. The van der Waals surface area contributed by atoms with Gasteiger partial charge in [-0.25, -0.2) is 4.39 Å². The Morgan fingerprint density at radius 3 is 2.94 bits per heavy atom. The number of hydrogen-bond acceptors (Lipinski definition) is 6. The van der Waals surface area contributed by atoms with Gasteiger partial charge in [0.15, 0.2) is 0 Å². The van der Waals surface area contributed by atoms with Crippen molar-refractivity contribution in [3.63, 3.8) is 0 Å². The van der Waals surface area contributed by atoms with Gasteiger partial charge in [0.25, 0.3) is 0 Å². The van der Waals surface area contributed by atoms with Crippen LogP contribution in [0.3, 0.4) is 0 Å². The lowest BCUT2D eigenvalue weighted by atomic mass is 9.81. The van der Waals surface area contributed by atoms with E-state index in [4.69, 9.17) is 10.5 Å². The van der Waals surface area contributed by atoms with Gasteiger partial charge in [0.2, 0.25) is 0 Å². The van der Waals surface area contributed by atoms with Crippen LogP contribution in [-0.4, -0.2) is 58.7 Å². The first-order valence-electron chi connectivity index (χ1n) is 11.4. The summed E-state index contributed by atoms with van der Waals surface area (Å²) in [7, 11) is 1.57. The van der Waals surface area contributed by atoms with Crippen LogP contribution in [0.5, 0.6) is 5.75 Å². The number of carboxylic acids is 1. The summed E-state index contributed by atoms with van der Waals surface area (Å²) in [5, 5.41) is 11.3. The number of likely N-dealkylation sites (tertiary alicyclic amines) is 1. The molecule has 0 spiro atoms. The van der Waals surface area contributed by atoms with Crippen molar-refractivity contribution in [2.45, 2.75) is 43.4 Å². The first kappa shape index (κ1) is 23.3. The van der Waals surface area contributed by atoms with Crippen LogP contribution in [0.4, 0.5) is 4.39 Å². The molecule has 0 amide bonds. The number of rotatable bonds is 10. The molecule has 1 aliphatic carbocycles. The number of piperidine rings is 1. The standard InChI is InChI=1S/C24H32FN3O3S/c1-31-16-3-7-22-18(12-16)23(20(25)13-27-22)21(26)6-2-15-8-9-28(14-19(15)24(29)30)10-11-32-17-4-5-17/h3,7,12-13,15,17,19,21H,2,4-6,8-11,14,26H2,1H3,(H,29,30)/t15-,19+,21-/m0/s1. The van der Waals surface area contributed by atoms with Gasteiger partial charge < -0.3 is 20.5 Å². The number of ether oxygens (including phenoxy) is 1. The predicted octanol–water partition coefficient (Wildman–Crippen LogP) is 4.08. The number of aromatic nitrogens is 1. The monoisotopic (exact) mass is 461 g/mol. The van der Waals surface area contributed by atoms with E-state index in [0.29, 0.717) is 41.6 Å². The summed E-state index contributed by atoms with van der Waals surface area (Å²) >= 11 is 2.01.